The molecule has 0 fully saturated rings. The number of nitrogens with zero attached hydrogens (tertiary/aromatic N) is 4. The maximum Gasteiger partial charge on any atom is 0.131 e. The molecular weight excluding hydrogens is 348 g/mol. The first kappa shape index (κ1) is 18.6. The van der Waals surface area contributed by atoms with Gasteiger partial charge >= 0.3 is 0 Å². The zero-order valence-corrected chi connectivity index (χ0v) is 16.7. The molecule has 1 aliphatic rings. The number of ether oxygens (including phenoxy) is 1. The molecule has 0 radical (unpaired) electrons. The topological polar surface area (TPSA) is 51.1 Å². The SMILES string of the molecule is COc1ccc(-c2cccc(CN3CCc4nc(C(C)C)ncc4C3)n2)cc1. The first-order chi connectivity index (χ1) is 13.6. The van der Waals surface area contributed by atoms with E-state index in [2.05, 4.69) is 41.9 Å². The molecule has 3 heterocycles. The summed E-state index contributed by atoms with van der Waals surface area (Å²) in [5.74, 6) is 2.17. The van der Waals surface area contributed by atoms with Crippen LogP contribution in [0.2, 0.25) is 0 Å². The van der Waals surface area contributed by atoms with Crippen LogP contribution in [0.3, 0.4) is 0 Å². The van der Waals surface area contributed by atoms with Gasteiger partial charge in [-0.15, -0.1) is 0 Å². The van der Waals surface area contributed by atoms with Gasteiger partial charge in [-0.1, -0.05) is 19.9 Å². The highest BCUT2D eigenvalue weighted by molar-refractivity contribution is 5.60. The zero-order chi connectivity index (χ0) is 19.5. The summed E-state index contributed by atoms with van der Waals surface area (Å²) in [6, 6.07) is 14.3. The van der Waals surface area contributed by atoms with Crippen molar-refractivity contribution in [3.8, 4) is 17.0 Å². The van der Waals surface area contributed by atoms with Gasteiger partial charge in [-0.05, 0) is 36.4 Å². The number of aromatic nitrogens is 3. The van der Waals surface area contributed by atoms with Gasteiger partial charge in [0.05, 0.1) is 18.5 Å². The minimum atomic E-state index is 0.369. The molecule has 2 aromatic heterocycles. The van der Waals surface area contributed by atoms with Crippen LogP contribution in [0.5, 0.6) is 5.75 Å². The fourth-order valence-electron chi connectivity index (χ4n) is 3.52. The van der Waals surface area contributed by atoms with E-state index in [9.17, 15) is 0 Å². The average molecular weight is 374 g/mol. The van der Waals surface area contributed by atoms with E-state index < -0.39 is 0 Å². The molecule has 4 rings (SSSR count). The Bertz CT molecular complexity index is 953. The summed E-state index contributed by atoms with van der Waals surface area (Å²) in [5, 5.41) is 0. The molecule has 0 spiro atoms. The molecule has 5 heteroatoms. The Kier molecular flexibility index (Phi) is 5.35. The number of benzene rings is 1. The van der Waals surface area contributed by atoms with E-state index >= 15 is 0 Å². The van der Waals surface area contributed by atoms with Gasteiger partial charge < -0.3 is 4.74 Å². The number of methoxy groups -OCH3 is 1. The second-order valence-electron chi connectivity index (χ2n) is 7.56. The van der Waals surface area contributed by atoms with E-state index in [0.717, 1.165) is 54.6 Å². The third-order valence-corrected chi connectivity index (χ3v) is 5.13. The largest absolute Gasteiger partial charge is 0.497 e. The van der Waals surface area contributed by atoms with Gasteiger partial charge in [0.25, 0.3) is 0 Å². The van der Waals surface area contributed by atoms with Crippen LogP contribution in [0.4, 0.5) is 0 Å². The molecule has 1 aliphatic heterocycles. The number of rotatable bonds is 5. The fourth-order valence-corrected chi connectivity index (χ4v) is 3.52. The summed E-state index contributed by atoms with van der Waals surface area (Å²) in [6.07, 6.45) is 2.97. The van der Waals surface area contributed by atoms with Gasteiger partial charge in [-0.25, -0.2) is 9.97 Å². The number of pyridine rings is 1. The van der Waals surface area contributed by atoms with Crippen LogP contribution in [0.25, 0.3) is 11.3 Å². The Morgan fingerprint density at radius 2 is 1.89 bits per heavy atom. The van der Waals surface area contributed by atoms with Crippen molar-refractivity contribution in [3.05, 3.63) is 71.4 Å². The highest BCUT2D eigenvalue weighted by Crippen LogP contribution is 2.23. The van der Waals surface area contributed by atoms with Crippen LogP contribution >= 0.6 is 0 Å². The van der Waals surface area contributed by atoms with Crippen LogP contribution < -0.4 is 4.74 Å². The third kappa shape index (κ3) is 4.04. The summed E-state index contributed by atoms with van der Waals surface area (Å²) in [5.41, 5.74) is 5.61. The Morgan fingerprint density at radius 3 is 2.64 bits per heavy atom. The Balaban J connectivity index is 1.47. The van der Waals surface area contributed by atoms with Crippen LogP contribution in [0.15, 0.2) is 48.7 Å². The fraction of sp³-hybridized carbons (Fsp3) is 0.348. The van der Waals surface area contributed by atoms with Crippen molar-refractivity contribution in [2.75, 3.05) is 13.7 Å². The van der Waals surface area contributed by atoms with Crippen LogP contribution in [-0.2, 0) is 19.5 Å². The van der Waals surface area contributed by atoms with Crippen LogP contribution in [0.1, 0.15) is 42.5 Å². The first-order valence-electron chi connectivity index (χ1n) is 9.80. The van der Waals surface area contributed by atoms with Crippen molar-refractivity contribution in [2.45, 2.75) is 39.3 Å². The number of hydrogen-bond acceptors (Lipinski definition) is 5. The van der Waals surface area contributed by atoms with E-state index in [1.54, 1.807) is 7.11 Å². The second-order valence-corrected chi connectivity index (χ2v) is 7.56. The van der Waals surface area contributed by atoms with Gasteiger partial charge in [-0.2, -0.15) is 0 Å². The minimum absolute atomic E-state index is 0.369. The van der Waals surface area contributed by atoms with Gasteiger partial charge in [0.2, 0.25) is 0 Å². The maximum absolute atomic E-state index is 5.24. The molecule has 5 nitrogen and oxygen atoms in total. The van der Waals surface area contributed by atoms with Gasteiger partial charge in [0, 0.05) is 55.0 Å². The predicted molar refractivity (Wildman–Crippen MR) is 110 cm³/mol. The second kappa shape index (κ2) is 8.07. The molecule has 0 saturated carbocycles. The van der Waals surface area contributed by atoms with Gasteiger partial charge in [-0.3, -0.25) is 9.88 Å². The zero-order valence-electron chi connectivity index (χ0n) is 16.7. The molecule has 28 heavy (non-hydrogen) atoms. The highest BCUT2D eigenvalue weighted by Gasteiger charge is 2.19. The van der Waals surface area contributed by atoms with Crippen molar-refractivity contribution in [3.63, 3.8) is 0 Å². The first-order valence-corrected chi connectivity index (χ1v) is 9.80. The van der Waals surface area contributed by atoms with Crippen LogP contribution in [-0.4, -0.2) is 33.5 Å². The van der Waals surface area contributed by atoms with E-state index in [0.29, 0.717) is 5.92 Å². The van der Waals surface area contributed by atoms with Crippen LogP contribution in [0, 0.1) is 0 Å². The molecule has 0 saturated heterocycles. The predicted octanol–water partition coefficient (Wildman–Crippen LogP) is 4.23. The smallest absolute Gasteiger partial charge is 0.131 e. The molecule has 144 valence electrons. The van der Waals surface area contributed by atoms with Gasteiger partial charge in [0.15, 0.2) is 0 Å². The number of fused-ring (bicyclic) bond motifs is 1. The monoisotopic (exact) mass is 374 g/mol. The lowest BCUT2D eigenvalue weighted by molar-refractivity contribution is 0.239. The molecule has 0 N–H and O–H groups in total. The summed E-state index contributed by atoms with van der Waals surface area (Å²) >= 11 is 0. The summed E-state index contributed by atoms with van der Waals surface area (Å²) in [6.45, 7) is 6.98. The van der Waals surface area contributed by atoms with E-state index in [1.165, 1.54) is 11.3 Å². The molecular formula is C23H26N4O. The third-order valence-electron chi connectivity index (χ3n) is 5.13. The summed E-state index contributed by atoms with van der Waals surface area (Å²) < 4.78 is 5.24. The minimum Gasteiger partial charge on any atom is -0.497 e. The number of hydrogen-bond donors (Lipinski definition) is 0. The Labute approximate surface area is 166 Å². The molecule has 0 amide bonds. The lowest BCUT2D eigenvalue weighted by atomic mass is 10.1. The quantitative estimate of drug-likeness (QED) is 0.669. The highest BCUT2D eigenvalue weighted by atomic mass is 16.5. The van der Waals surface area contributed by atoms with E-state index in [-0.39, 0.29) is 0 Å². The van der Waals surface area contributed by atoms with Crippen molar-refractivity contribution in [1.82, 2.24) is 19.9 Å². The maximum atomic E-state index is 5.24. The molecule has 0 aliphatic carbocycles. The van der Waals surface area contributed by atoms with Gasteiger partial charge in [0.1, 0.15) is 11.6 Å². The van der Waals surface area contributed by atoms with E-state index in [1.807, 2.05) is 30.5 Å². The van der Waals surface area contributed by atoms with E-state index in [4.69, 9.17) is 14.7 Å². The molecule has 0 bridgehead atoms. The molecule has 0 unspecified atom stereocenters. The van der Waals surface area contributed by atoms with Crippen molar-refractivity contribution >= 4 is 0 Å². The average Bonchev–Trinajstić information content (AvgIpc) is 2.73. The molecule has 0 atom stereocenters. The Hall–Kier alpha value is -2.79. The van der Waals surface area contributed by atoms with Crippen molar-refractivity contribution < 1.29 is 4.74 Å². The van der Waals surface area contributed by atoms with Crippen molar-refractivity contribution in [1.29, 1.82) is 0 Å². The Morgan fingerprint density at radius 1 is 1.07 bits per heavy atom. The summed E-state index contributed by atoms with van der Waals surface area (Å²) in [4.78, 5) is 16.6. The molecule has 3 aromatic rings. The normalized spacial score (nSPS) is 14.1. The lowest BCUT2D eigenvalue weighted by Gasteiger charge is -2.28. The lowest BCUT2D eigenvalue weighted by Crippen LogP contribution is -2.31. The summed E-state index contributed by atoms with van der Waals surface area (Å²) in [7, 11) is 1.68. The standard InChI is InChI=1S/C23H26N4O/c1-16(2)23-24-13-18-14-27(12-11-22(18)26-23)15-19-5-4-6-21(25-19)17-7-9-20(28-3)10-8-17/h4-10,13,16H,11-12,14-15H2,1-3H3. The van der Waals surface area contributed by atoms with Crippen molar-refractivity contribution in [2.24, 2.45) is 0 Å². The molecule has 1 aromatic carbocycles.